The molecule has 0 amide bonds. The summed E-state index contributed by atoms with van der Waals surface area (Å²) in [5.41, 5.74) is 0. The van der Waals surface area contributed by atoms with Crippen LogP contribution in [0.25, 0.3) is 0 Å². The van der Waals surface area contributed by atoms with Crippen LogP contribution in [0.3, 0.4) is 0 Å². The lowest BCUT2D eigenvalue weighted by Crippen LogP contribution is -1.80. The van der Waals surface area contributed by atoms with Crippen LogP contribution in [0.5, 0.6) is 0 Å². The molecule has 0 radical (unpaired) electrons. The molecule has 0 heterocycles. The molecule has 0 saturated carbocycles. The van der Waals surface area contributed by atoms with E-state index in [0.717, 1.165) is 0 Å². The Morgan fingerprint density at radius 2 is 1.94 bits per heavy atom. The molecule has 0 aliphatic heterocycles. The van der Waals surface area contributed by atoms with Crippen LogP contribution in [-0.4, -0.2) is 0 Å². The average molecular weight is 248 g/mol. The van der Waals surface area contributed by atoms with Crippen molar-refractivity contribution in [1.29, 1.82) is 0 Å². The molecule has 17 heavy (non-hydrogen) atoms. The standard InChI is InChI=1S/C14H18S.C2H6/c1-3-5-10-13(9-4-2)15-14-11-7-6-8-12-14;1-2/h3-5,7,9-12H,6,8H2,1-2H3;1-2H3/b5-3-,9-4-,13-10+;. The van der Waals surface area contributed by atoms with Crippen LogP contribution in [0, 0.1) is 0 Å². The quantitative estimate of drug-likeness (QED) is 0.548. The van der Waals surface area contributed by atoms with Gasteiger partial charge in [-0.3, -0.25) is 0 Å². The molecule has 1 aliphatic rings. The van der Waals surface area contributed by atoms with Gasteiger partial charge in [0.05, 0.1) is 0 Å². The minimum Gasteiger partial charge on any atom is -0.0905 e. The van der Waals surface area contributed by atoms with Crippen LogP contribution >= 0.6 is 11.8 Å². The summed E-state index contributed by atoms with van der Waals surface area (Å²) in [6, 6.07) is 0. The molecule has 0 spiro atoms. The third kappa shape index (κ3) is 7.87. The Balaban J connectivity index is 0.00000121. The molecule has 0 fully saturated rings. The highest BCUT2D eigenvalue weighted by Gasteiger charge is 1.99. The first-order valence-corrected chi connectivity index (χ1v) is 7.18. The molecule has 0 atom stereocenters. The number of hydrogen-bond donors (Lipinski definition) is 0. The highest BCUT2D eigenvalue weighted by Crippen LogP contribution is 2.30. The first kappa shape index (κ1) is 16.1. The van der Waals surface area contributed by atoms with Crippen LogP contribution in [0.1, 0.15) is 40.5 Å². The molecule has 1 rings (SSSR count). The highest BCUT2D eigenvalue weighted by molar-refractivity contribution is 8.07. The van der Waals surface area contributed by atoms with Crippen LogP contribution in [0.15, 0.2) is 58.4 Å². The van der Waals surface area contributed by atoms with E-state index in [1.807, 2.05) is 32.5 Å². The highest BCUT2D eigenvalue weighted by atomic mass is 32.2. The predicted molar refractivity (Wildman–Crippen MR) is 83.1 cm³/mol. The topological polar surface area (TPSA) is 0 Å². The Morgan fingerprint density at radius 3 is 2.47 bits per heavy atom. The van der Waals surface area contributed by atoms with E-state index < -0.39 is 0 Å². The van der Waals surface area contributed by atoms with Gasteiger partial charge < -0.3 is 0 Å². The van der Waals surface area contributed by atoms with E-state index in [1.54, 1.807) is 0 Å². The molecule has 0 aromatic carbocycles. The molecule has 0 bridgehead atoms. The number of allylic oxidation sites excluding steroid dienone is 8. The van der Waals surface area contributed by atoms with E-state index >= 15 is 0 Å². The molecular formula is C16H24S. The maximum absolute atomic E-state index is 2.30. The predicted octanol–water partition coefficient (Wildman–Crippen LogP) is 6.02. The van der Waals surface area contributed by atoms with Crippen molar-refractivity contribution in [3.63, 3.8) is 0 Å². The molecule has 0 nitrogen and oxygen atoms in total. The van der Waals surface area contributed by atoms with Crippen molar-refractivity contribution in [2.45, 2.75) is 40.5 Å². The average Bonchev–Trinajstić information content (AvgIpc) is 2.40. The maximum Gasteiger partial charge on any atom is 0.0118 e. The van der Waals surface area contributed by atoms with Crippen LogP contribution in [0.4, 0.5) is 0 Å². The van der Waals surface area contributed by atoms with Gasteiger partial charge in [-0.25, -0.2) is 0 Å². The zero-order valence-corrected chi connectivity index (χ0v) is 12.3. The van der Waals surface area contributed by atoms with Gasteiger partial charge in [0.15, 0.2) is 0 Å². The van der Waals surface area contributed by atoms with Crippen molar-refractivity contribution in [3.05, 3.63) is 58.4 Å². The Morgan fingerprint density at radius 1 is 1.18 bits per heavy atom. The van der Waals surface area contributed by atoms with E-state index in [-0.39, 0.29) is 0 Å². The molecule has 0 saturated heterocycles. The second-order valence-corrected chi connectivity index (χ2v) is 4.43. The van der Waals surface area contributed by atoms with Gasteiger partial charge in [-0.05, 0) is 32.8 Å². The molecule has 0 aromatic heterocycles. The van der Waals surface area contributed by atoms with Gasteiger partial charge in [-0.15, -0.1) is 0 Å². The first-order valence-electron chi connectivity index (χ1n) is 6.37. The van der Waals surface area contributed by atoms with E-state index in [2.05, 4.69) is 55.5 Å². The Bertz CT molecular complexity index is 327. The molecule has 94 valence electrons. The fourth-order valence-electron chi connectivity index (χ4n) is 1.28. The Kier molecular flexibility index (Phi) is 10.9. The molecule has 0 aromatic rings. The fraction of sp³-hybridized carbons (Fsp3) is 0.375. The van der Waals surface area contributed by atoms with E-state index in [0.29, 0.717) is 0 Å². The van der Waals surface area contributed by atoms with Gasteiger partial charge >= 0.3 is 0 Å². The van der Waals surface area contributed by atoms with E-state index in [9.17, 15) is 0 Å². The Hall–Kier alpha value is -0.950. The van der Waals surface area contributed by atoms with Crippen LogP contribution in [0.2, 0.25) is 0 Å². The summed E-state index contributed by atoms with van der Waals surface area (Å²) >= 11 is 1.83. The lowest BCUT2D eigenvalue weighted by molar-refractivity contribution is 1.03. The number of thioether (sulfide) groups is 1. The van der Waals surface area contributed by atoms with Gasteiger partial charge in [0.1, 0.15) is 0 Å². The monoisotopic (exact) mass is 248 g/mol. The lowest BCUT2D eigenvalue weighted by atomic mass is 10.2. The summed E-state index contributed by atoms with van der Waals surface area (Å²) in [4.78, 5) is 2.64. The minimum atomic E-state index is 1.17. The van der Waals surface area contributed by atoms with Gasteiger partial charge in [0, 0.05) is 9.81 Å². The third-order valence-electron chi connectivity index (χ3n) is 1.98. The molecule has 0 unspecified atom stereocenters. The van der Waals surface area contributed by atoms with Crippen molar-refractivity contribution in [2.24, 2.45) is 0 Å². The zero-order chi connectivity index (χ0) is 12.9. The zero-order valence-electron chi connectivity index (χ0n) is 11.4. The van der Waals surface area contributed by atoms with Gasteiger partial charge in [-0.2, -0.15) is 0 Å². The molecule has 1 heteroatoms. The number of hydrogen-bond acceptors (Lipinski definition) is 1. The molecule has 1 aliphatic carbocycles. The number of rotatable bonds is 4. The first-order chi connectivity index (χ1) is 8.36. The summed E-state index contributed by atoms with van der Waals surface area (Å²) in [5, 5.41) is 0. The van der Waals surface area contributed by atoms with Crippen molar-refractivity contribution >= 4 is 11.8 Å². The van der Waals surface area contributed by atoms with Crippen molar-refractivity contribution < 1.29 is 0 Å². The minimum absolute atomic E-state index is 1.17. The largest absolute Gasteiger partial charge is 0.0905 e. The van der Waals surface area contributed by atoms with Gasteiger partial charge in [0.2, 0.25) is 0 Å². The molecule has 0 N–H and O–H groups in total. The van der Waals surface area contributed by atoms with E-state index in [4.69, 9.17) is 0 Å². The van der Waals surface area contributed by atoms with Crippen LogP contribution < -0.4 is 0 Å². The second-order valence-electron chi connectivity index (χ2n) is 3.28. The maximum atomic E-state index is 2.30. The van der Waals surface area contributed by atoms with Crippen molar-refractivity contribution in [1.82, 2.24) is 0 Å². The summed E-state index contributed by atoms with van der Waals surface area (Å²) in [6.07, 6.45) is 19.6. The Labute approximate surface area is 111 Å². The summed E-state index contributed by atoms with van der Waals surface area (Å²) < 4.78 is 0. The summed E-state index contributed by atoms with van der Waals surface area (Å²) in [5.74, 6) is 0. The summed E-state index contributed by atoms with van der Waals surface area (Å²) in [6.45, 7) is 8.09. The fourth-order valence-corrected chi connectivity index (χ4v) is 2.27. The summed E-state index contributed by atoms with van der Waals surface area (Å²) in [7, 11) is 0. The van der Waals surface area contributed by atoms with Gasteiger partial charge in [0.25, 0.3) is 0 Å². The lowest BCUT2D eigenvalue weighted by Gasteiger charge is -2.06. The van der Waals surface area contributed by atoms with Crippen LogP contribution in [-0.2, 0) is 0 Å². The van der Waals surface area contributed by atoms with Crippen molar-refractivity contribution in [3.8, 4) is 0 Å². The smallest absolute Gasteiger partial charge is 0.0118 e. The molecular weight excluding hydrogens is 224 g/mol. The second kappa shape index (κ2) is 11.5. The normalized spacial score (nSPS) is 16.0. The third-order valence-corrected chi connectivity index (χ3v) is 3.03. The SMILES string of the molecule is CC.C\C=C/C=C(\C=C/C)SC1=CCCC=C1. The van der Waals surface area contributed by atoms with Crippen molar-refractivity contribution in [2.75, 3.05) is 0 Å². The van der Waals surface area contributed by atoms with E-state index in [1.165, 1.54) is 22.7 Å². The van der Waals surface area contributed by atoms with Gasteiger partial charge in [-0.1, -0.05) is 68.1 Å².